The minimum Gasteiger partial charge on any atom is -0.497 e. The standard InChI is InChI=1S/C23H22N2O3S/c1-25-21(19-8-5-13-29-19)20(17-6-3-4-7-18(17)23(25)27)22(26)24-14-15-9-11-16(28-2)12-10-15/h3-13,20-21H,14H2,1-2H3,(H,24,26)/t20-,21+/m0/s1. The number of carbonyl (C=O) groups excluding carboxylic acids is 2. The van der Waals surface area contributed by atoms with Gasteiger partial charge in [-0.2, -0.15) is 0 Å². The van der Waals surface area contributed by atoms with Crippen molar-refractivity contribution in [2.45, 2.75) is 18.5 Å². The average molecular weight is 407 g/mol. The molecule has 0 fully saturated rings. The van der Waals surface area contributed by atoms with E-state index in [1.54, 1.807) is 36.5 Å². The molecule has 2 aromatic carbocycles. The monoisotopic (exact) mass is 406 g/mol. The van der Waals surface area contributed by atoms with Crippen LogP contribution in [-0.2, 0) is 11.3 Å². The second kappa shape index (κ2) is 8.09. The lowest BCUT2D eigenvalue weighted by Gasteiger charge is -2.39. The van der Waals surface area contributed by atoms with Crippen molar-refractivity contribution >= 4 is 23.2 Å². The fourth-order valence-corrected chi connectivity index (χ4v) is 4.72. The Bertz CT molecular complexity index is 1010. The first-order chi connectivity index (χ1) is 14.1. The summed E-state index contributed by atoms with van der Waals surface area (Å²) in [7, 11) is 3.40. The number of benzene rings is 2. The van der Waals surface area contributed by atoms with Crippen molar-refractivity contribution in [2.24, 2.45) is 0 Å². The van der Waals surface area contributed by atoms with Crippen LogP contribution in [0.3, 0.4) is 0 Å². The maximum absolute atomic E-state index is 13.3. The number of nitrogens with zero attached hydrogens (tertiary/aromatic N) is 1. The van der Waals surface area contributed by atoms with Crippen molar-refractivity contribution in [3.05, 3.63) is 87.6 Å². The number of nitrogens with one attached hydrogen (secondary N) is 1. The molecule has 0 radical (unpaired) electrons. The van der Waals surface area contributed by atoms with E-state index in [9.17, 15) is 9.59 Å². The van der Waals surface area contributed by atoms with Crippen LogP contribution in [0.15, 0.2) is 66.0 Å². The van der Waals surface area contributed by atoms with Gasteiger partial charge in [-0.25, -0.2) is 0 Å². The van der Waals surface area contributed by atoms with Crippen LogP contribution in [0.1, 0.15) is 38.3 Å². The molecule has 2 amide bonds. The molecule has 0 bridgehead atoms. The van der Waals surface area contributed by atoms with Crippen LogP contribution in [-0.4, -0.2) is 30.9 Å². The van der Waals surface area contributed by atoms with Gasteiger partial charge in [0.2, 0.25) is 5.91 Å². The molecule has 0 saturated carbocycles. The lowest BCUT2D eigenvalue weighted by Crippen LogP contribution is -2.45. The summed E-state index contributed by atoms with van der Waals surface area (Å²) in [6, 6.07) is 18.6. The number of hydrogen-bond donors (Lipinski definition) is 1. The van der Waals surface area contributed by atoms with Gasteiger partial charge in [-0.1, -0.05) is 36.4 Å². The van der Waals surface area contributed by atoms with Crippen LogP contribution >= 0.6 is 11.3 Å². The highest BCUT2D eigenvalue weighted by Crippen LogP contribution is 2.43. The van der Waals surface area contributed by atoms with Crippen molar-refractivity contribution in [1.82, 2.24) is 10.2 Å². The van der Waals surface area contributed by atoms with Crippen molar-refractivity contribution in [2.75, 3.05) is 14.2 Å². The number of hydrogen-bond acceptors (Lipinski definition) is 4. The van der Waals surface area contributed by atoms with Crippen molar-refractivity contribution in [1.29, 1.82) is 0 Å². The number of thiophene rings is 1. The van der Waals surface area contributed by atoms with Crippen LogP contribution in [0.5, 0.6) is 5.75 Å². The third-order valence-corrected chi connectivity index (χ3v) is 6.27. The summed E-state index contributed by atoms with van der Waals surface area (Å²) in [5.41, 5.74) is 2.36. The molecule has 3 aromatic rings. The second-order valence-electron chi connectivity index (χ2n) is 7.01. The molecule has 0 saturated heterocycles. The Hall–Kier alpha value is -3.12. The molecule has 148 valence electrons. The lowest BCUT2D eigenvalue weighted by atomic mass is 9.81. The zero-order valence-electron chi connectivity index (χ0n) is 16.3. The third-order valence-electron chi connectivity index (χ3n) is 5.32. The maximum atomic E-state index is 13.3. The van der Waals surface area contributed by atoms with Gasteiger partial charge in [0.15, 0.2) is 0 Å². The number of ether oxygens (including phenoxy) is 1. The van der Waals surface area contributed by atoms with Gasteiger partial charge in [0.25, 0.3) is 5.91 Å². The molecule has 6 heteroatoms. The molecule has 29 heavy (non-hydrogen) atoms. The topological polar surface area (TPSA) is 58.6 Å². The zero-order chi connectivity index (χ0) is 20.4. The molecule has 0 spiro atoms. The number of fused-ring (bicyclic) bond motifs is 1. The third kappa shape index (κ3) is 3.63. The van der Waals surface area contributed by atoms with E-state index >= 15 is 0 Å². The quantitative estimate of drug-likeness (QED) is 0.697. The summed E-state index contributed by atoms with van der Waals surface area (Å²) >= 11 is 1.56. The zero-order valence-corrected chi connectivity index (χ0v) is 17.1. The smallest absolute Gasteiger partial charge is 0.254 e. The van der Waals surface area contributed by atoms with Crippen molar-refractivity contribution in [3.8, 4) is 5.75 Å². The van der Waals surface area contributed by atoms with E-state index in [1.807, 2.05) is 60.0 Å². The molecule has 0 aliphatic carbocycles. The van der Waals surface area contributed by atoms with Gasteiger partial charge in [0.05, 0.1) is 19.1 Å². The summed E-state index contributed by atoms with van der Waals surface area (Å²) < 4.78 is 5.18. The predicted octanol–water partition coefficient (Wildman–Crippen LogP) is 3.98. The van der Waals surface area contributed by atoms with Gasteiger partial charge in [0, 0.05) is 24.0 Å². The molecule has 1 aliphatic heterocycles. The van der Waals surface area contributed by atoms with Gasteiger partial charge >= 0.3 is 0 Å². The minimum atomic E-state index is -0.467. The van der Waals surface area contributed by atoms with Crippen LogP contribution in [0.4, 0.5) is 0 Å². The Morgan fingerprint density at radius 1 is 1.10 bits per heavy atom. The summed E-state index contributed by atoms with van der Waals surface area (Å²) in [6.07, 6.45) is 0. The van der Waals surface area contributed by atoms with E-state index in [2.05, 4.69) is 5.32 Å². The van der Waals surface area contributed by atoms with E-state index in [4.69, 9.17) is 4.74 Å². The Morgan fingerprint density at radius 2 is 1.86 bits per heavy atom. The summed E-state index contributed by atoms with van der Waals surface area (Å²) in [5, 5.41) is 5.03. The summed E-state index contributed by atoms with van der Waals surface area (Å²) in [6.45, 7) is 0.413. The van der Waals surface area contributed by atoms with Crippen LogP contribution in [0.2, 0.25) is 0 Å². The van der Waals surface area contributed by atoms with Crippen LogP contribution in [0.25, 0.3) is 0 Å². The van der Waals surface area contributed by atoms with E-state index in [1.165, 1.54) is 0 Å². The summed E-state index contributed by atoms with van der Waals surface area (Å²) in [5.74, 6) is 0.161. The van der Waals surface area contributed by atoms with Gasteiger partial charge in [0.1, 0.15) is 5.75 Å². The number of likely N-dealkylation sites (N-methyl/N-ethyl adjacent to an activating group) is 1. The minimum absolute atomic E-state index is 0.0572. The molecule has 0 unspecified atom stereocenters. The Labute approximate surface area is 173 Å². The van der Waals surface area contributed by atoms with Crippen molar-refractivity contribution in [3.63, 3.8) is 0 Å². The van der Waals surface area contributed by atoms with Gasteiger partial charge in [-0.15, -0.1) is 11.3 Å². The first-order valence-electron chi connectivity index (χ1n) is 9.40. The van der Waals surface area contributed by atoms with E-state index in [0.717, 1.165) is 21.8 Å². The Kier molecular flexibility index (Phi) is 5.36. The van der Waals surface area contributed by atoms with E-state index in [0.29, 0.717) is 12.1 Å². The largest absolute Gasteiger partial charge is 0.497 e. The molecule has 1 aliphatic rings. The molecule has 5 nitrogen and oxygen atoms in total. The molecular formula is C23H22N2O3S. The molecule has 2 atom stereocenters. The SMILES string of the molecule is COc1ccc(CNC(=O)[C@H]2c3ccccc3C(=O)N(C)[C@@H]2c2cccs2)cc1. The summed E-state index contributed by atoms with van der Waals surface area (Å²) in [4.78, 5) is 28.9. The lowest BCUT2D eigenvalue weighted by molar-refractivity contribution is -0.124. The van der Waals surface area contributed by atoms with E-state index in [-0.39, 0.29) is 17.9 Å². The average Bonchev–Trinajstić information content (AvgIpc) is 3.29. The molecule has 1 aromatic heterocycles. The fourth-order valence-electron chi connectivity index (χ4n) is 3.81. The second-order valence-corrected chi connectivity index (χ2v) is 7.99. The number of carbonyl (C=O) groups is 2. The normalized spacial score (nSPS) is 18.3. The van der Waals surface area contributed by atoms with Crippen LogP contribution < -0.4 is 10.1 Å². The van der Waals surface area contributed by atoms with E-state index < -0.39 is 5.92 Å². The molecule has 2 heterocycles. The first kappa shape index (κ1) is 19.2. The highest BCUT2D eigenvalue weighted by molar-refractivity contribution is 7.10. The highest BCUT2D eigenvalue weighted by Gasteiger charge is 2.42. The number of methoxy groups -OCH3 is 1. The molecular weight excluding hydrogens is 384 g/mol. The van der Waals surface area contributed by atoms with Gasteiger partial charge in [-0.3, -0.25) is 9.59 Å². The van der Waals surface area contributed by atoms with Gasteiger partial charge in [-0.05, 0) is 40.8 Å². The molecule has 1 N–H and O–H groups in total. The first-order valence-corrected chi connectivity index (χ1v) is 10.3. The van der Waals surface area contributed by atoms with Crippen LogP contribution in [0, 0.1) is 0 Å². The Balaban J connectivity index is 1.64. The van der Waals surface area contributed by atoms with Crippen molar-refractivity contribution < 1.29 is 14.3 Å². The van der Waals surface area contributed by atoms with Gasteiger partial charge < -0.3 is 15.0 Å². The predicted molar refractivity (Wildman–Crippen MR) is 113 cm³/mol. The number of rotatable bonds is 5. The maximum Gasteiger partial charge on any atom is 0.254 e. The fraction of sp³-hybridized carbons (Fsp3) is 0.217. The molecule has 4 rings (SSSR count). The number of amides is 2. The highest BCUT2D eigenvalue weighted by atomic mass is 32.1. The Morgan fingerprint density at radius 3 is 2.55 bits per heavy atom.